The van der Waals surface area contributed by atoms with Gasteiger partial charge in [0, 0.05) is 31.4 Å². The van der Waals surface area contributed by atoms with Gasteiger partial charge in [-0.1, -0.05) is 20.8 Å². The molecule has 1 atom stereocenters. The zero-order valence-corrected chi connectivity index (χ0v) is 16.2. The van der Waals surface area contributed by atoms with Gasteiger partial charge in [0.15, 0.2) is 0 Å². The number of carbonyl (C=O) groups excluding carboxylic acids is 2. The lowest BCUT2D eigenvalue weighted by molar-refractivity contribution is -0.118. The average Bonchev–Trinajstić information content (AvgIpc) is 3.13. The summed E-state index contributed by atoms with van der Waals surface area (Å²) in [6.07, 6.45) is 0.310. The fourth-order valence-electron chi connectivity index (χ4n) is 3.06. The molecule has 1 fully saturated rings. The van der Waals surface area contributed by atoms with E-state index < -0.39 is 0 Å². The Bertz CT molecular complexity index is 587. The molecule has 7 nitrogen and oxygen atoms in total. The molecule has 3 amide bonds. The first-order valence-corrected chi connectivity index (χ1v) is 9.78. The van der Waals surface area contributed by atoms with Gasteiger partial charge >= 0.3 is 6.03 Å². The number of primary amides is 1. The Balaban J connectivity index is 1.86. The van der Waals surface area contributed by atoms with Crippen LogP contribution in [0.2, 0.25) is 0 Å². The van der Waals surface area contributed by atoms with Crippen LogP contribution in [-0.4, -0.2) is 64.3 Å². The van der Waals surface area contributed by atoms with Crippen molar-refractivity contribution in [1.29, 1.82) is 0 Å². The standard InChI is InChI=1S/C17H29N5O2S/c1-4-20(5-2)11-16-19-14(12-25-16)10-22-7-6-21(17(22)24)9-13(3)8-15(18)23/h12-13H,4-11H2,1-3H3,(H2,18,23). The molecule has 2 rings (SSSR count). The number of urea groups is 1. The van der Waals surface area contributed by atoms with Crippen molar-refractivity contribution in [3.63, 3.8) is 0 Å². The predicted molar refractivity (Wildman–Crippen MR) is 99.1 cm³/mol. The van der Waals surface area contributed by atoms with Crippen molar-refractivity contribution >= 4 is 23.3 Å². The third-order valence-electron chi connectivity index (χ3n) is 4.47. The van der Waals surface area contributed by atoms with Crippen molar-refractivity contribution in [1.82, 2.24) is 19.7 Å². The number of carbonyl (C=O) groups is 2. The number of nitrogens with zero attached hydrogens (tertiary/aromatic N) is 4. The van der Waals surface area contributed by atoms with E-state index in [0.29, 0.717) is 32.6 Å². The van der Waals surface area contributed by atoms with Crippen LogP contribution in [0.25, 0.3) is 0 Å². The molecule has 25 heavy (non-hydrogen) atoms. The van der Waals surface area contributed by atoms with Crippen LogP contribution >= 0.6 is 11.3 Å². The lowest BCUT2D eigenvalue weighted by atomic mass is 10.1. The summed E-state index contributed by atoms with van der Waals surface area (Å²) in [5.41, 5.74) is 6.18. The van der Waals surface area contributed by atoms with Gasteiger partial charge in [0.2, 0.25) is 5.91 Å². The highest BCUT2D eigenvalue weighted by atomic mass is 32.1. The summed E-state index contributed by atoms with van der Waals surface area (Å²) in [7, 11) is 0. The van der Waals surface area contributed by atoms with Crippen molar-refractivity contribution < 1.29 is 9.59 Å². The Morgan fingerprint density at radius 3 is 2.68 bits per heavy atom. The molecule has 1 aromatic rings. The van der Waals surface area contributed by atoms with Gasteiger partial charge in [0.25, 0.3) is 0 Å². The molecule has 2 heterocycles. The Labute approximate surface area is 153 Å². The van der Waals surface area contributed by atoms with E-state index in [2.05, 4.69) is 23.7 Å². The zero-order chi connectivity index (χ0) is 18.4. The molecule has 1 aliphatic heterocycles. The van der Waals surface area contributed by atoms with E-state index in [0.717, 1.165) is 30.3 Å². The monoisotopic (exact) mass is 367 g/mol. The summed E-state index contributed by atoms with van der Waals surface area (Å²) in [4.78, 5) is 34.1. The van der Waals surface area contributed by atoms with Crippen molar-refractivity contribution in [3.05, 3.63) is 16.1 Å². The van der Waals surface area contributed by atoms with Gasteiger partial charge in [0.1, 0.15) is 5.01 Å². The molecule has 1 unspecified atom stereocenters. The summed E-state index contributed by atoms with van der Waals surface area (Å²) in [5, 5.41) is 3.14. The SMILES string of the molecule is CCN(CC)Cc1nc(CN2CCN(CC(C)CC(N)=O)C2=O)cs1. The van der Waals surface area contributed by atoms with Gasteiger partial charge in [-0.2, -0.15) is 0 Å². The highest BCUT2D eigenvalue weighted by Gasteiger charge is 2.30. The fraction of sp³-hybridized carbons (Fsp3) is 0.706. The van der Waals surface area contributed by atoms with Crippen LogP contribution in [0.4, 0.5) is 4.79 Å². The zero-order valence-electron chi connectivity index (χ0n) is 15.4. The molecule has 2 N–H and O–H groups in total. The summed E-state index contributed by atoms with van der Waals surface area (Å²) < 4.78 is 0. The molecule has 0 spiro atoms. The molecule has 0 aliphatic carbocycles. The largest absolute Gasteiger partial charge is 0.370 e. The van der Waals surface area contributed by atoms with E-state index in [9.17, 15) is 9.59 Å². The van der Waals surface area contributed by atoms with E-state index in [1.807, 2.05) is 17.2 Å². The normalized spacial score (nSPS) is 16.1. The van der Waals surface area contributed by atoms with E-state index in [4.69, 9.17) is 5.73 Å². The van der Waals surface area contributed by atoms with Crippen LogP contribution < -0.4 is 5.73 Å². The lowest BCUT2D eigenvalue weighted by Gasteiger charge is -2.21. The van der Waals surface area contributed by atoms with Crippen LogP contribution in [0.1, 0.15) is 37.9 Å². The fourth-order valence-corrected chi connectivity index (χ4v) is 3.89. The van der Waals surface area contributed by atoms with E-state index in [1.165, 1.54) is 0 Å². The van der Waals surface area contributed by atoms with Crippen LogP contribution in [0.3, 0.4) is 0 Å². The van der Waals surface area contributed by atoms with Gasteiger partial charge in [-0.05, 0) is 19.0 Å². The minimum atomic E-state index is -0.320. The quantitative estimate of drug-likeness (QED) is 0.683. The first-order chi connectivity index (χ1) is 11.9. The second-order valence-corrected chi connectivity index (χ2v) is 7.56. The van der Waals surface area contributed by atoms with Crippen molar-refractivity contribution in [3.8, 4) is 0 Å². The molecular weight excluding hydrogens is 338 g/mol. The van der Waals surface area contributed by atoms with E-state index in [-0.39, 0.29) is 17.9 Å². The summed E-state index contributed by atoms with van der Waals surface area (Å²) in [5.74, 6) is -0.236. The first-order valence-electron chi connectivity index (χ1n) is 8.90. The number of amides is 3. The average molecular weight is 368 g/mol. The number of aromatic nitrogens is 1. The highest BCUT2D eigenvalue weighted by Crippen LogP contribution is 2.18. The Morgan fingerprint density at radius 2 is 2.04 bits per heavy atom. The minimum absolute atomic E-state index is 0.0228. The van der Waals surface area contributed by atoms with Crippen LogP contribution in [0.5, 0.6) is 0 Å². The maximum Gasteiger partial charge on any atom is 0.320 e. The molecule has 1 aliphatic rings. The summed E-state index contributed by atoms with van der Waals surface area (Å²) >= 11 is 1.66. The highest BCUT2D eigenvalue weighted by molar-refractivity contribution is 7.09. The minimum Gasteiger partial charge on any atom is -0.370 e. The summed E-state index contributed by atoms with van der Waals surface area (Å²) in [6, 6.07) is 0.0228. The predicted octanol–water partition coefficient (Wildman–Crippen LogP) is 1.73. The van der Waals surface area contributed by atoms with Crippen LogP contribution in [0, 0.1) is 5.92 Å². The molecule has 1 aromatic heterocycles. The Kier molecular flexibility index (Phi) is 7.19. The number of thiazole rings is 1. The van der Waals surface area contributed by atoms with E-state index >= 15 is 0 Å². The molecule has 0 aromatic carbocycles. The van der Waals surface area contributed by atoms with Crippen molar-refractivity contribution in [2.24, 2.45) is 11.7 Å². The number of hydrogen-bond donors (Lipinski definition) is 1. The topological polar surface area (TPSA) is 82.8 Å². The molecule has 8 heteroatoms. The maximum absolute atomic E-state index is 12.5. The molecule has 0 bridgehead atoms. The number of rotatable bonds is 10. The Hall–Kier alpha value is -1.67. The van der Waals surface area contributed by atoms with Gasteiger partial charge in [0.05, 0.1) is 18.8 Å². The van der Waals surface area contributed by atoms with Gasteiger partial charge in [-0.25, -0.2) is 9.78 Å². The lowest BCUT2D eigenvalue weighted by Crippen LogP contribution is -2.35. The van der Waals surface area contributed by atoms with Crippen LogP contribution in [0.15, 0.2) is 5.38 Å². The van der Waals surface area contributed by atoms with E-state index in [1.54, 1.807) is 16.2 Å². The summed E-state index contributed by atoms with van der Waals surface area (Å²) in [6.45, 7) is 11.6. The molecule has 0 radical (unpaired) electrons. The second kappa shape index (κ2) is 9.15. The molecular formula is C17H29N5O2S. The molecule has 140 valence electrons. The first kappa shape index (κ1) is 19.7. The van der Waals surface area contributed by atoms with Gasteiger partial charge in [-0.3, -0.25) is 9.69 Å². The van der Waals surface area contributed by atoms with Crippen LogP contribution in [-0.2, 0) is 17.9 Å². The third kappa shape index (κ3) is 5.67. The van der Waals surface area contributed by atoms with Crippen molar-refractivity contribution in [2.45, 2.75) is 40.3 Å². The third-order valence-corrected chi connectivity index (χ3v) is 5.35. The molecule has 1 saturated heterocycles. The Morgan fingerprint density at radius 1 is 1.36 bits per heavy atom. The maximum atomic E-state index is 12.5. The second-order valence-electron chi connectivity index (χ2n) is 6.62. The smallest absolute Gasteiger partial charge is 0.320 e. The number of hydrogen-bond acceptors (Lipinski definition) is 5. The van der Waals surface area contributed by atoms with Gasteiger partial charge in [-0.15, -0.1) is 11.3 Å². The molecule has 0 saturated carbocycles. The number of nitrogens with two attached hydrogens (primary N) is 1. The van der Waals surface area contributed by atoms with Crippen molar-refractivity contribution in [2.75, 3.05) is 32.7 Å². The van der Waals surface area contributed by atoms with Gasteiger partial charge < -0.3 is 15.5 Å².